The SMILES string of the molecule is O=C(O)C1C(c2ccccc2)=CC(c2ccccc2)=CC1(C(=O)O)c1ccccc1. The maximum Gasteiger partial charge on any atom is 0.319 e. The van der Waals surface area contributed by atoms with Gasteiger partial charge in [-0.2, -0.15) is 0 Å². The number of carbonyl (C=O) groups is 2. The van der Waals surface area contributed by atoms with Gasteiger partial charge in [-0.3, -0.25) is 9.59 Å². The van der Waals surface area contributed by atoms with Crippen LogP contribution in [0.15, 0.2) is 103 Å². The average molecular weight is 396 g/mol. The normalized spacial score (nSPS) is 20.7. The Morgan fingerprint density at radius 3 is 1.70 bits per heavy atom. The minimum Gasteiger partial charge on any atom is -0.481 e. The zero-order chi connectivity index (χ0) is 21.1. The molecule has 0 aliphatic heterocycles. The molecule has 3 aromatic carbocycles. The van der Waals surface area contributed by atoms with Gasteiger partial charge in [0.05, 0.1) is 0 Å². The molecule has 4 heteroatoms. The molecule has 1 aliphatic rings. The smallest absolute Gasteiger partial charge is 0.319 e. The molecule has 30 heavy (non-hydrogen) atoms. The van der Waals surface area contributed by atoms with E-state index in [1.807, 2.05) is 60.7 Å². The summed E-state index contributed by atoms with van der Waals surface area (Å²) in [5, 5.41) is 20.7. The third-order valence-electron chi connectivity index (χ3n) is 5.53. The summed E-state index contributed by atoms with van der Waals surface area (Å²) in [6.45, 7) is 0. The van der Waals surface area contributed by atoms with Crippen molar-refractivity contribution in [2.45, 2.75) is 5.41 Å². The molecule has 2 N–H and O–H groups in total. The highest BCUT2D eigenvalue weighted by molar-refractivity contribution is 6.05. The topological polar surface area (TPSA) is 74.6 Å². The van der Waals surface area contributed by atoms with Crippen LogP contribution in [0.1, 0.15) is 16.7 Å². The van der Waals surface area contributed by atoms with E-state index in [2.05, 4.69) is 0 Å². The van der Waals surface area contributed by atoms with Gasteiger partial charge in [-0.05, 0) is 33.9 Å². The average Bonchev–Trinajstić information content (AvgIpc) is 2.79. The van der Waals surface area contributed by atoms with Gasteiger partial charge >= 0.3 is 11.9 Å². The number of hydrogen-bond donors (Lipinski definition) is 2. The van der Waals surface area contributed by atoms with Crippen LogP contribution in [-0.4, -0.2) is 22.2 Å². The fourth-order valence-electron chi connectivity index (χ4n) is 4.14. The van der Waals surface area contributed by atoms with Crippen molar-refractivity contribution < 1.29 is 19.8 Å². The highest BCUT2D eigenvalue weighted by atomic mass is 16.4. The van der Waals surface area contributed by atoms with Crippen LogP contribution in [0.2, 0.25) is 0 Å². The number of carboxylic acids is 2. The Morgan fingerprint density at radius 1 is 0.700 bits per heavy atom. The summed E-state index contributed by atoms with van der Waals surface area (Å²) in [5.74, 6) is -3.66. The van der Waals surface area contributed by atoms with Crippen molar-refractivity contribution >= 4 is 23.1 Å². The predicted molar refractivity (Wildman–Crippen MR) is 116 cm³/mol. The number of benzene rings is 3. The molecule has 2 unspecified atom stereocenters. The van der Waals surface area contributed by atoms with Gasteiger partial charge in [-0.25, -0.2) is 0 Å². The van der Waals surface area contributed by atoms with Crippen molar-refractivity contribution in [2.75, 3.05) is 0 Å². The Kier molecular flexibility index (Phi) is 5.07. The highest BCUT2D eigenvalue weighted by Gasteiger charge is 2.53. The van der Waals surface area contributed by atoms with Gasteiger partial charge in [0.15, 0.2) is 0 Å². The first kappa shape index (κ1) is 19.4. The summed E-state index contributed by atoms with van der Waals surface area (Å²) < 4.78 is 0. The molecule has 3 aromatic rings. The van der Waals surface area contributed by atoms with Crippen molar-refractivity contribution in [3.8, 4) is 0 Å². The maximum absolute atomic E-state index is 12.8. The molecule has 0 amide bonds. The molecule has 0 fully saturated rings. The molecule has 4 rings (SSSR count). The number of aliphatic carboxylic acids is 2. The third kappa shape index (κ3) is 3.22. The van der Waals surface area contributed by atoms with Crippen molar-refractivity contribution in [2.24, 2.45) is 5.92 Å². The highest BCUT2D eigenvalue weighted by Crippen LogP contribution is 2.48. The van der Waals surface area contributed by atoms with Gasteiger partial charge in [0, 0.05) is 0 Å². The molecular weight excluding hydrogens is 376 g/mol. The van der Waals surface area contributed by atoms with E-state index in [9.17, 15) is 19.8 Å². The minimum absolute atomic E-state index is 0.430. The third-order valence-corrected chi connectivity index (χ3v) is 5.53. The molecule has 0 saturated carbocycles. The second-order valence-corrected chi connectivity index (χ2v) is 7.24. The fourth-order valence-corrected chi connectivity index (χ4v) is 4.14. The summed E-state index contributed by atoms with van der Waals surface area (Å²) in [7, 11) is 0. The molecule has 1 aliphatic carbocycles. The molecule has 2 atom stereocenters. The van der Waals surface area contributed by atoms with Crippen molar-refractivity contribution in [3.63, 3.8) is 0 Å². The molecule has 0 radical (unpaired) electrons. The van der Waals surface area contributed by atoms with Crippen LogP contribution < -0.4 is 0 Å². The van der Waals surface area contributed by atoms with Crippen LogP contribution in [0, 0.1) is 5.92 Å². The number of allylic oxidation sites excluding steroid dienone is 2. The summed E-state index contributed by atoms with van der Waals surface area (Å²) in [4.78, 5) is 25.4. The molecule has 0 bridgehead atoms. The van der Waals surface area contributed by atoms with E-state index >= 15 is 0 Å². The van der Waals surface area contributed by atoms with Crippen LogP contribution in [0.25, 0.3) is 11.1 Å². The molecule has 0 aromatic heterocycles. The summed E-state index contributed by atoms with van der Waals surface area (Å²) in [6.07, 6.45) is 3.39. The van der Waals surface area contributed by atoms with Gasteiger partial charge in [-0.15, -0.1) is 0 Å². The van der Waals surface area contributed by atoms with Gasteiger partial charge in [0.2, 0.25) is 0 Å². The number of carboxylic acid groups (broad SMARTS) is 2. The molecule has 0 spiro atoms. The zero-order valence-electron chi connectivity index (χ0n) is 16.1. The maximum atomic E-state index is 12.8. The van der Waals surface area contributed by atoms with E-state index in [1.54, 1.807) is 42.5 Å². The fraction of sp³-hybridized carbons (Fsp3) is 0.0769. The van der Waals surface area contributed by atoms with E-state index in [0.29, 0.717) is 22.3 Å². The number of hydrogen-bond acceptors (Lipinski definition) is 2. The molecule has 0 heterocycles. The van der Waals surface area contributed by atoms with E-state index in [0.717, 1.165) is 5.56 Å². The van der Waals surface area contributed by atoms with Crippen LogP contribution in [0.3, 0.4) is 0 Å². The molecule has 148 valence electrons. The van der Waals surface area contributed by atoms with E-state index in [-0.39, 0.29) is 0 Å². The van der Waals surface area contributed by atoms with E-state index < -0.39 is 23.3 Å². The van der Waals surface area contributed by atoms with Gasteiger partial charge in [0.1, 0.15) is 11.3 Å². The second kappa shape index (κ2) is 7.84. The Hall–Kier alpha value is -3.92. The van der Waals surface area contributed by atoms with Crippen molar-refractivity contribution in [1.82, 2.24) is 0 Å². The summed E-state index contributed by atoms with van der Waals surface area (Å²) in [6, 6.07) is 27.1. The first-order valence-electron chi connectivity index (χ1n) is 9.61. The first-order valence-corrected chi connectivity index (χ1v) is 9.61. The molecule has 4 nitrogen and oxygen atoms in total. The lowest BCUT2D eigenvalue weighted by atomic mass is 9.62. The quantitative estimate of drug-likeness (QED) is 0.644. The van der Waals surface area contributed by atoms with E-state index in [4.69, 9.17) is 0 Å². The van der Waals surface area contributed by atoms with E-state index in [1.165, 1.54) is 0 Å². The van der Waals surface area contributed by atoms with Crippen LogP contribution in [0.5, 0.6) is 0 Å². The monoisotopic (exact) mass is 396 g/mol. The van der Waals surface area contributed by atoms with Crippen LogP contribution in [0.4, 0.5) is 0 Å². The van der Waals surface area contributed by atoms with Gasteiger partial charge in [0.25, 0.3) is 0 Å². The van der Waals surface area contributed by atoms with Gasteiger partial charge in [-0.1, -0.05) is 97.1 Å². The Morgan fingerprint density at radius 2 is 1.20 bits per heavy atom. The zero-order valence-corrected chi connectivity index (χ0v) is 16.1. The van der Waals surface area contributed by atoms with Crippen LogP contribution in [-0.2, 0) is 15.0 Å². The lowest BCUT2D eigenvalue weighted by Crippen LogP contribution is -2.47. The van der Waals surface area contributed by atoms with Gasteiger partial charge < -0.3 is 10.2 Å². The summed E-state index contributed by atoms with van der Waals surface area (Å²) >= 11 is 0. The number of rotatable bonds is 5. The predicted octanol–water partition coefficient (Wildman–Crippen LogP) is 4.89. The lowest BCUT2D eigenvalue weighted by Gasteiger charge is -2.38. The Labute approximate surface area is 174 Å². The van der Waals surface area contributed by atoms with Crippen molar-refractivity contribution in [3.05, 3.63) is 120 Å². The minimum atomic E-state index is -1.75. The first-order chi connectivity index (χ1) is 14.5. The lowest BCUT2D eigenvalue weighted by molar-refractivity contribution is -0.151. The largest absolute Gasteiger partial charge is 0.481 e. The molecule has 0 saturated heterocycles. The van der Waals surface area contributed by atoms with Crippen LogP contribution >= 0.6 is 0 Å². The Bertz CT molecular complexity index is 1130. The second-order valence-electron chi connectivity index (χ2n) is 7.24. The standard InChI is InChI=1S/C26H20O4/c27-24(28)23-22(19-12-6-2-7-13-19)16-20(18-10-4-1-5-11-18)17-26(23,25(29)30)21-14-8-3-9-15-21/h1-17,23H,(H,27,28)(H,29,30). The summed E-state index contributed by atoms with van der Waals surface area (Å²) in [5.41, 5.74) is 1.34. The van der Waals surface area contributed by atoms with Crippen molar-refractivity contribution in [1.29, 1.82) is 0 Å². The molecular formula is C26H20O4. The Balaban J connectivity index is 2.07.